The van der Waals surface area contributed by atoms with Crippen LogP contribution in [0.2, 0.25) is 0 Å². The van der Waals surface area contributed by atoms with E-state index in [0.717, 1.165) is 38.2 Å². The van der Waals surface area contributed by atoms with Gasteiger partial charge in [-0.05, 0) is 22.8 Å². The molecule has 0 radical (unpaired) electrons. The summed E-state index contributed by atoms with van der Waals surface area (Å²) in [5.74, 6) is -0.193. The van der Waals surface area contributed by atoms with Crippen molar-refractivity contribution >= 4 is 17.4 Å². The molecule has 3 N–H and O–H groups in total. The van der Waals surface area contributed by atoms with Gasteiger partial charge >= 0.3 is 0 Å². The number of aromatic nitrogens is 5. The first-order chi connectivity index (χ1) is 14.1. The van der Waals surface area contributed by atoms with Gasteiger partial charge in [0.2, 0.25) is 11.6 Å². The second-order valence-corrected chi connectivity index (χ2v) is 6.79. The summed E-state index contributed by atoms with van der Waals surface area (Å²) in [7, 11) is 0. The SMILES string of the molecule is Cc1c(C(=O)NN=C2CCN(Cc3ccccc3)CC2)nnn1-c1nonc1N. The number of carbonyl (C=O) groups excluding carboxylic acids is 1. The topological polar surface area (TPSA) is 140 Å². The van der Waals surface area contributed by atoms with Crippen LogP contribution in [0.3, 0.4) is 0 Å². The Morgan fingerprint density at radius 1 is 1.24 bits per heavy atom. The van der Waals surface area contributed by atoms with Crippen molar-refractivity contribution in [2.24, 2.45) is 5.10 Å². The number of hydrogen-bond acceptors (Lipinski definition) is 9. The maximum absolute atomic E-state index is 12.4. The molecule has 150 valence electrons. The Kier molecular flexibility index (Phi) is 5.29. The minimum Gasteiger partial charge on any atom is -0.378 e. The summed E-state index contributed by atoms with van der Waals surface area (Å²) in [6.07, 6.45) is 1.61. The summed E-state index contributed by atoms with van der Waals surface area (Å²) in [5, 5.41) is 19.2. The van der Waals surface area contributed by atoms with Gasteiger partial charge < -0.3 is 5.73 Å². The lowest BCUT2D eigenvalue weighted by Crippen LogP contribution is -2.34. The number of amides is 1. The van der Waals surface area contributed by atoms with Crippen LogP contribution in [0.15, 0.2) is 40.1 Å². The standard InChI is InChI=1S/C18H21N9O2/c1-12-15(21-25-27(12)17-16(19)23-29-24-17)18(28)22-20-14-7-9-26(10-8-14)11-13-5-3-2-4-6-13/h2-6H,7-11H2,1H3,(H2,19,23)(H,22,28). The second-order valence-electron chi connectivity index (χ2n) is 6.79. The van der Waals surface area contributed by atoms with Crippen LogP contribution in [-0.4, -0.2) is 54.9 Å². The summed E-state index contributed by atoms with van der Waals surface area (Å²) in [6.45, 7) is 4.40. The van der Waals surface area contributed by atoms with Crippen molar-refractivity contribution in [3.63, 3.8) is 0 Å². The number of hydrogen-bond donors (Lipinski definition) is 2. The van der Waals surface area contributed by atoms with Crippen molar-refractivity contribution in [3.05, 3.63) is 47.3 Å². The monoisotopic (exact) mass is 395 g/mol. The van der Waals surface area contributed by atoms with E-state index in [2.05, 4.69) is 52.8 Å². The van der Waals surface area contributed by atoms with Crippen molar-refractivity contribution in [2.45, 2.75) is 26.3 Å². The molecular formula is C18H21N9O2. The van der Waals surface area contributed by atoms with E-state index < -0.39 is 5.91 Å². The summed E-state index contributed by atoms with van der Waals surface area (Å²) >= 11 is 0. The first kappa shape index (κ1) is 18.7. The Morgan fingerprint density at radius 3 is 2.69 bits per heavy atom. The van der Waals surface area contributed by atoms with E-state index in [4.69, 9.17) is 5.73 Å². The normalized spacial score (nSPS) is 14.7. The van der Waals surface area contributed by atoms with Crippen LogP contribution >= 0.6 is 0 Å². The fourth-order valence-corrected chi connectivity index (χ4v) is 3.18. The molecule has 0 aliphatic carbocycles. The van der Waals surface area contributed by atoms with Crippen LogP contribution in [-0.2, 0) is 6.54 Å². The summed E-state index contributed by atoms with van der Waals surface area (Å²) in [4.78, 5) is 14.8. The highest BCUT2D eigenvalue weighted by molar-refractivity contribution is 5.95. The molecule has 1 fully saturated rings. The fraction of sp³-hybridized carbons (Fsp3) is 0.333. The largest absolute Gasteiger partial charge is 0.378 e. The third-order valence-electron chi connectivity index (χ3n) is 4.80. The number of benzene rings is 1. The van der Waals surface area contributed by atoms with Gasteiger partial charge in [0.05, 0.1) is 5.69 Å². The molecule has 0 bridgehead atoms. The molecule has 1 aliphatic heterocycles. The van der Waals surface area contributed by atoms with Crippen LogP contribution in [0.5, 0.6) is 0 Å². The third kappa shape index (κ3) is 4.14. The number of likely N-dealkylation sites (tertiary alicyclic amines) is 1. The van der Waals surface area contributed by atoms with Gasteiger partial charge in [0.15, 0.2) is 5.69 Å². The first-order valence-electron chi connectivity index (χ1n) is 9.24. The van der Waals surface area contributed by atoms with Gasteiger partial charge in [0.25, 0.3) is 5.91 Å². The zero-order valence-corrected chi connectivity index (χ0v) is 15.9. The van der Waals surface area contributed by atoms with Crippen molar-refractivity contribution in [3.8, 4) is 5.82 Å². The second kappa shape index (κ2) is 8.19. The molecule has 3 heterocycles. The molecule has 11 heteroatoms. The number of carbonyl (C=O) groups is 1. The highest BCUT2D eigenvalue weighted by atomic mass is 16.6. The lowest BCUT2D eigenvalue weighted by molar-refractivity contribution is 0.0948. The highest BCUT2D eigenvalue weighted by Crippen LogP contribution is 2.15. The third-order valence-corrected chi connectivity index (χ3v) is 4.80. The van der Waals surface area contributed by atoms with E-state index in [1.807, 2.05) is 18.2 Å². The maximum Gasteiger partial charge on any atom is 0.293 e. The number of nitrogens with two attached hydrogens (primary N) is 1. The van der Waals surface area contributed by atoms with E-state index in [-0.39, 0.29) is 17.3 Å². The quantitative estimate of drug-likeness (QED) is 0.608. The van der Waals surface area contributed by atoms with Gasteiger partial charge in [-0.2, -0.15) is 9.78 Å². The minimum atomic E-state index is -0.442. The van der Waals surface area contributed by atoms with E-state index in [1.165, 1.54) is 10.2 Å². The Hall–Kier alpha value is -3.60. The molecule has 0 saturated carbocycles. The van der Waals surface area contributed by atoms with Crippen molar-refractivity contribution < 1.29 is 9.42 Å². The summed E-state index contributed by atoms with van der Waals surface area (Å²) in [6, 6.07) is 10.4. The van der Waals surface area contributed by atoms with E-state index in [9.17, 15) is 4.79 Å². The van der Waals surface area contributed by atoms with Crippen molar-refractivity contribution in [2.75, 3.05) is 18.8 Å². The van der Waals surface area contributed by atoms with Gasteiger partial charge in [-0.15, -0.1) is 5.10 Å². The number of rotatable bonds is 5. The molecule has 0 atom stereocenters. The number of nitrogens with one attached hydrogen (secondary N) is 1. The molecule has 3 aromatic rings. The molecule has 1 aromatic carbocycles. The van der Waals surface area contributed by atoms with E-state index in [1.54, 1.807) is 6.92 Å². The molecule has 4 rings (SSSR count). The van der Waals surface area contributed by atoms with Gasteiger partial charge in [-0.25, -0.2) is 10.1 Å². The van der Waals surface area contributed by atoms with Crippen LogP contribution in [0.25, 0.3) is 5.82 Å². The van der Waals surface area contributed by atoms with Gasteiger partial charge in [-0.1, -0.05) is 35.5 Å². The summed E-state index contributed by atoms with van der Waals surface area (Å²) < 4.78 is 5.86. The van der Waals surface area contributed by atoms with Gasteiger partial charge in [0, 0.05) is 38.2 Å². The van der Waals surface area contributed by atoms with Crippen LogP contribution in [0.4, 0.5) is 5.82 Å². The van der Waals surface area contributed by atoms with Crippen molar-refractivity contribution in [1.82, 2.24) is 35.6 Å². The maximum atomic E-state index is 12.4. The van der Waals surface area contributed by atoms with Gasteiger partial charge in [0.1, 0.15) is 0 Å². The summed E-state index contributed by atoms with van der Waals surface area (Å²) in [5.41, 5.74) is 11.1. The number of hydrazone groups is 1. The lowest BCUT2D eigenvalue weighted by Gasteiger charge is -2.27. The number of anilines is 1. The zero-order valence-electron chi connectivity index (χ0n) is 15.9. The molecular weight excluding hydrogens is 374 g/mol. The number of piperidine rings is 1. The van der Waals surface area contributed by atoms with Crippen LogP contribution in [0.1, 0.15) is 34.6 Å². The first-order valence-corrected chi connectivity index (χ1v) is 9.24. The molecule has 29 heavy (non-hydrogen) atoms. The minimum absolute atomic E-state index is 0.0625. The Bertz CT molecular complexity index is 1020. The number of nitrogen functional groups attached to an aromatic ring is 1. The molecule has 1 saturated heterocycles. The van der Waals surface area contributed by atoms with E-state index in [0.29, 0.717) is 5.69 Å². The van der Waals surface area contributed by atoms with Crippen molar-refractivity contribution in [1.29, 1.82) is 0 Å². The molecule has 0 spiro atoms. The van der Waals surface area contributed by atoms with E-state index >= 15 is 0 Å². The smallest absolute Gasteiger partial charge is 0.293 e. The van der Waals surface area contributed by atoms with Gasteiger partial charge in [-0.3, -0.25) is 9.69 Å². The molecule has 0 unspecified atom stereocenters. The number of nitrogens with zero attached hydrogens (tertiary/aromatic N) is 7. The molecule has 1 aliphatic rings. The fourth-order valence-electron chi connectivity index (χ4n) is 3.18. The zero-order chi connectivity index (χ0) is 20.2. The lowest BCUT2D eigenvalue weighted by atomic mass is 10.1. The Labute approximate surface area is 166 Å². The van der Waals surface area contributed by atoms with Crippen LogP contribution < -0.4 is 11.2 Å². The Balaban J connectivity index is 1.34. The molecule has 11 nitrogen and oxygen atoms in total. The average Bonchev–Trinajstić information content (AvgIpc) is 3.33. The Morgan fingerprint density at radius 2 is 2.00 bits per heavy atom. The average molecular weight is 395 g/mol. The van der Waals surface area contributed by atoms with Crippen LogP contribution in [0, 0.1) is 6.92 Å². The predicted octanol–water partition coefficient (Wildman–Crippen LogP) is 0.923. The molecule has 1 amide bonds. The predicted molar refractivity (Wildman–Crippen MR) is 104 cm³/mol. The molecule has 2 aromatic heterocycles. The highest BCUT2D eigenvalue weighted by Gasteiger charge is 2.21.